The highest BCUT2D eigenvalue weighted by Gasteiger charge is 2.38. The van der Waals surface area contributed by atoms with E-state index in [1.165, 1.54) is 68.8 Å². The lowest BCUT2D eigenvalue weighted by atomic mass is 9.99. The van der Waals surface area contributed by atoms with Gasteiger partial charge in [0.25, 0.3) is 50.1 Å². The third kappa shape index (κ3) is 19.3. The maximum Gasteiger partial charge on any atom is 0.573 e. The fourth-order valence-corrected chi connectivity index (χ4v) is 21.9. The Balaban J connectivity index is 0.000000143. The Hall–Kier alpha value is -10.5. The van der Waals surface area contributed by atoms with Crippen molar-refractivity contribution in [3.8, 4) is 5.75 Å². The number of para-hydroxylation sites is 1. The molecule has 0 aliphatic heterocycles. The molecule has 15 rings (SSSR count). The van der Waals surface area contributed by atoms with Gasteiger partial charge in [0.05, 0.1) is 48.7 Å². The lowest BCUT2D eigenvalue weighted by Gasteiger charge is -2.17. The van der Waals surface area contributed by atoms with E-state index < -0.39 is 83.8 Å². The minimum Gasteiger partial charge on any atom is -0.404 e. The maximum absolute atomic E-state index is 13.1. The number of fused-ring (bicyclic) bond motifs is 5. The van der Waals surface area contributed by atoms with E-state index in [4.69, 9.17) is 0 Å². The Bertz CT molecular complexity index is 6190. The zero-order valence-electron chi connectivity index (χ0n) is 65.0. The van der Waals surface area contributed by atoms with Crippen molar-refractivity contribution in [2.24, 2.45) is 0 Å². The molecule has 0 saturated heterocycles. The van der Waals surface area contributed by atoms with E-state index in [9.17, 15) is 68.4 Å². The number of allylic oxidation sites excluding steroid dienone is 10. The molecule has 606 valence electrons. The Morgan fingerprint density at radius 3 is 0.914 bits per heavy atom. The van der Waals surface area contributed by atoms with Crippen LogP contribution in [0.5, 0.6) is 5.75 Å². The molecule has 0 heterocycles. The van der Waals surface area contributed by atoms with Crippen LogP contribution in [0.15, 0.2) is 247 Å². The summed E-state index contributed by atoms with van der Waals surface area (Å²) in [5.41, 5.74) is 23.6. The van der Waals surface area contributed by atoms with E-state index in [0.29, 0.717) is 50.6 Å². The van der Waals surface area contributed by atoms with Crippen LogP contribution in [-0.2, 0) is 88.4 Å². The molecule has 10 aromatic carbocycles. The first-order valence-corrected chi connectivity index (χ1v) is 44.7. The predicted molar refractivity (Wildman–Crippen MR) is 453 cm³/mol. The molecule has 5 aliphatic carbocycles. The van der Waals surface area contributed by atoms with Gasteiger partial charge in [0.15, 0.2) is 0 Å². The van der Waals surface area contributed by atoms with Crippen LogP contribution in [0.3, 0.4) is 0 Å². The molecule has 0 atom stereocenters. The summed E-state index contributed by atoms with van der Waals surface area (Å²) in [6.45, 7) is 21.9. The molecule has 5 aliphatic rings. The average molecular weight is 1740 g/mol. The van der Waals surface area contributed by atoms with Gasteiger partial charge in [0.1, 0.15) is 15.5 Å². The summed E-state index contributed by atoms with van der Waals surface area (Å²) < 4.78 is 221. The van der Waals surface area contributed by atoms with E-state index in [1.54, 1.807) is 104 Å². The summed E-state index contributed by atoms with van der Waals surface area (Å²) in [4.78, 5) is -0.505. The van der Waals surface area contributed by atoms with Gasteiger partial charge >= 0.3 is 12.5 Å². The third-order valence-electron chi connectivity index (χ3n) is 20.3. The highest BCUT2D eigenvalue weighted by Crippen LogP contribution is 2.43. The Morgan fingerprint density at radius 1 is 0.293 bits per heavy atom. The molecule has 5 N–H and O–H groups in total. The van der Waals surface area contributed by atoms with Gasteiger partial charge in [-0.15, -0.1) is 13.2 Å². The van der Waals surface area contributed by atoms with E-state index in [1.807, 2.05) is 89.2 Å². The Labute approximate surface area is 682 Å². The topological polar surface area (TPSA) is 240 Å². The number of nitrogens with one attached hydrogen (secondary N) is 5. The smallest absolute Gasteiger partial charge is 0.404 e. The minimum atomic E-state index is -4.99. The third-order valence-corrected chi connectivity index (χ3v) is 28.4. The number of ether oxygens (including phenoxy) is 1. The minimum absolute atomic E-state index is 0.243. The van der Waals surface area contributed by atoms with Gasteiger partial charge in [-0.1, -0.05) is 134 Å². The molecule has 0 bridgehead atoms. The largest absolute Gasteiger partial charge is 0.573 e. The maximum atomic E-state index is 13.1. The monoisotopic (exact) mass is 1740 g/mol. The quantitative estimate of drug-likeness (QED) is 0.0570. The number of halogens is 7. The van der Waals surface area contributed by atoms with E-state index in [-0.39, 0.29) is 9.79 Å². The molecule has 0 saturated carbocycles. The Morgan fingerprint density at radius 2 is 0.569 bits per heavy atom. The van der Waals surface area contributed by atoms with Crippen LogP contribution in [-0.4, -0.2) is 48.5 Å². The molecular formula is C88H84BrF6N5O11S5. The molecule has 0 unspecified atom stereocenters. The molecule has 116 heavy (non-hydrogen) atoms. The summed E-state index contributed by atoms with van der Waals surface area (Å²) in [5.74, 6) is -0.773. The van der Waals surface area contributed by atoms with Crippen molar-refractivity contribution in [3.63, 3.8) is 0 Å². The fourth-order valence-electron chi connectivity index (χ4n) is 14.8. The number of hydrogen-bond donors (Lipinski definition) is 5. The first kappa shape index (κ1) is 86.4. The van der Waals surface area contributed by atoms with Crippen LogP contribution in [0.4, 0.5) is 54.8 Å². The van der Waals surface area contributed by atoms with Gasteiger partial charge in [0, 0.05) is 4.47 Å². The second-order valence-corrected chi connectivity index (χ2v) is 37.5. The predicted octanol–water partition coefficient (Wildman–Crippen LogP) is 21.8. The van der Waals surface area contributed by atoms with E-state index in [2.05, 4.69) is 97.1 Å². The number of aryl methyl sites for hydroxylation is 6. The second kappa shape index (κ2) is 34.4. The lowest BCUT2D eigenvalue weighted by Crippen LogP contribution is -2.21. The average Bonchev–Trinajstić information content (AvgIpc) is 1.56. The first-order chi connectivity index (χ1) is 54.5. The first-order valence-electron chi connectivity index (χ1n) is 36.5. The molecule has 0 radical (unpaired) electrons. The molecule has 0 amide bonds. The molecule has 16 nitrogen and oxygen atoms in total. The molecule has 28 heteroatoms. The SMILES string of the molecule is CC1=CCc2c(NS(=O)(=O)c3ccccc3)ccc(C)c21.CC1=CCc2c(NS(=O)(=O)c3ccccc3Br)ccc(C)c21.CC1=CCc2c(NS(=O)(=O)c3ccccc3C(F)(F)F)ccc(C)c21.CC1=CCc2c(NS(=O)(=O)c3ccccc3C)ccc(C)c21.CC1=CCc2c(NS(=O)(=O)c3ccccc3OC(F)(F)F)ccc(C)c21. The molecule has 0 fully saturated rings. The fraction of sp³-hybridized carbons (Fsp3) is 0.205. The van der Waals surface area contributed by atoms with Gasteiger partial charge in [-0.05, 0) is 326 Å². The van der Waals surface area contributed by atoms with Crippen molar-refractivity contribution in [2.45, 2.75) is 145 Å². The molecule has 10 aromatic rings. The summed E-state index contributed by atoms with van der Waals surface area (Å²) in [6, 6.07) is 49.3. The highest BCUT2D eigenvalue weighted by molar-refractivity contribution is 9.10. The number of hydrogen-bond acceptors (Lipinski definition) is 11. The highest BCUT2D eigenvalue weighted by atomic mass is 79.9. The summed E-state index contributed by atoms with van der Waals surface area (Å²) in [6.07, 6.45) is 4.03. The standard InChI is InChI=1S/C18H16F3NO3S.C18H16F3NO2S.C18H19NO2S.C17H16BrNO2S.C17H17NO2S/c1-11-7-9-13-14(10-8-12(2)17(11)13)22-26(23,24)16-6-4-3-5-15(16)25-18(19,20)21;1-11-7-9-13-15(10-8-12(2)17(11)13)22-25(23,24)16-6-4-3-5-14(16)18(19,20)21;1-12-6-4-5-7-17(12)22(20,21)19-16-11-9-14(3)18-13(2)8-10-15(16)18;1-11-7-9-13-15(10-8-12(2)17(11)13)19-22(20,21)16-6-4-3-5-14(16)18;1-12-8-10-15-16(11-9-13(2)17(12)15)18-21(19,20)14-6-4-3-5-7-14/h3-8,10,22H,9H2,1-2H3;3-8,10,22H,9H2,1-2H3;4-9,11,19H,10H2,1-3H3;3-8,10,19H,9H2,1-2H3;3-9,11,18H,10H2,1-2H3. The van der Waals surface area contributed by atoms with E-state index >= 15 is 0 Å². The summed E-state index contributed by atoms with van der Waals surface area (Å²) in [7, 11) is -19.4. The zero-order chi connectivity index (χ0) is 84.4. The van der Waals surface area contributed by atoms with Crippen molar-refractivity contribution < 1.29 is 73.2 Å². The van der Waals surface area contributed by atoms with E-state index in [0.717, 1.165) is 116 Å². The van der Waals surface area contributed by atoms with Gasteiger partial charge in [-0.2, -0.15) is 13.2 Å². The van der Waals surface area contributed by atoms with Crippen LogP contribution in [0, 0.1) is 41.5 Å². The second-order valence-electron chi connectivity index (χ2n) is 28.4. The number of benzene rings is 10. The molecular weight excluding hydrogens is 1660 g/mol. The normalized spacial score (nSPS) is 13.9. The van der Waals surface area contributed by atoms with Crippen molar-refractivity contribution in [1.29, 1.82) is 0 Å². The van der Waals surface area contributed by atoms with Crippen LogP contribution >= 0.6 is 15.9 Å². The molecule has 0 aromatic heterocycles. The Kier molecular flexibility index (Phi) is 25.6. The summed E-state index contributed by atoms with van der Waals surface area (Å²) in [5, 5.41) is 0. The zero-order valence-corrected chi connectivity index (χ0v) is 70.7. The number of anilines is 5. The van der Waals surface area contributed by atoms with Crippen LogP contribution in [0.1, 0.15) is 129 Å². The van der Waals surface area contributed by atoms with Gasteiger partial charge < -0.3 is 4.74 Å². The molecule has 0 spiro atoms. The van der Waals surface area contributed by atoms with Crippen molar-refractivity contribution in [2.75, 3.05) is 23.6 Å². The van der Waals surface area contributed by atoms with Crippen molar-refractivity contribution in [1.82, 2.24) is 0 Å². The van der Waals surface area contributed by atoms with Crippen molar-refractivity contribution >= 4 is 122 Å². The van der Waals surface area contributed by atoms with Gasteiger partial charge in [0.2, 0.25) is 0 Å². The number of sulfonamides is 5. The van der Waals surface area contributed by atoms with Crippen LogP contribution < -0.4 is 28.3 Å². The van der Waals surface area contributed by atoms with Crippen molar-refractivity contribution in [3.05, 3.63) is 317 Å². The van der Waals surface area contributed by atoms with Crippen LogP contribution in [0.25, 0.3) is 27.9 Å². The number of rotatable bonds is 16. The van der Waals surface area contributed by atoms with Gasteiger partial charge in [-0.3, -0.25) is 23.6 Å². The number of alkyl halides is 6. The van der Waals surface area contributed by atoms with Crippen LogP contribution in [0.2, 0.25) is 0 Å². The van der Waals surface area contributed by atoms with Gasteiger partial charge in [-0.25, -0.2) is 42.1 Å². The summed E-state index contributed by atoms with van der Waals surface area (Å²) >= 11 is 3.30. The lowest BCUT2D eigenvalue weighted by molar-refractivity contribution is -0.275.